The third-order valence-electron chi connectivity index (χ3n) is 3.88. The molecule has 0 bridgehead atoms. The van der Waals surface area contributed by atoms with Crippen LogP contribution in [0.1, 0.15) is 0 Å². The highest BCUT2D eigenvalue weighted by molar-refractivity contribution is 6.02. The summed E-state index contributed by atoms with van der Waals surface area (Å²) in [5, 5.41) is 1.11. The van der Waals surface area contributed by atoms with Gasteiger partial charge in [0, 0.05) is 30.3 Å². The van der Waals surface area contributed by atoms with Crippen molar-refractivity contribution in [2.75, 3.05) is 0 Å². The number of hydrogen-bond acceptors (Lipinski definition) is 1. The summed E-state index contributed by atoms with van der Waals surface area (Å²) >= 11 is 0. The number of benzene rings is 2. The molecule has 0 amide bonds. The van der Waals surface area contributed by atoms with Gasteiger partial charge in [0.05, 0.1) is 11.3 Å². The quantitative estimate of drug-likeness (QED) is 0.584. The molecule has 4 aromatic rings. The molecule has 3 nitrogen and oxygen atoms in total. The van der Waals surface area contributed by atoms with Crippen molar-refractivity contribution in [1.29, 1.82) is 0 Å². The second kappa shape index (κ2) is 4.84. The van der Waals surface area contributed by atoms with Gasteiger partial charge in [-0.05, 0) is 35.9 Å². The number of halogens is 1. The highest BCUT2D eigenvalue weighted by Crippen LogP contribution is 2.37. The van der Waals surface area contributed by atoms with Crippen molar-refractivity contribution < 1.29 is 4.39 Å². The molecule has 0 saturated carbocycles. The SMILES string of the molecule is Cn1ccnc1-c1c(-c2ccc(F)cc2)[nH]c2ccccc12. The molecule has 4 rings (SSSR count). The fourth-order valence-corrected chi connectivity index (χ4v) is 2.81. The molecule has 0 unspecified atom stereocenters. The van der Waals surface area contributed by atoms with Crippen LogP contribution >= 0.6 is 0 Å². The lowest BCUT2D eigenvalue weighted by Gasteiger charge is -2.05. The first-order valence-electron chi connectivity index (χ1n) is 7.08. The molecule has 0 fully saturated rings. The smallest absolute Gasteiger partial charge is 0.142 e. The van der Waals surface area contributed by atoms with E-state index in [1.165, 1.54) is 12.1 Å². The van der Waals surface area contributed by atoms with Crippen LogP contribution in [0.5, 0.6) is 0 Å². The minimum absolute atomic E-state index is 0.238. The molecule has 0 aliphatic carbocycles. The lowest BCUT2D eigenvalue weighted by molar-refractivity contribution is 0.628. The molecule has 0 saturated heterocycles. The van der Waals surface area contributed by atoms with E-state index < -0.39 is 0 Å². The molecule has 22 heavy (non-hydrogen) atoms. The first kappa shape index (κ1) is 12.8. The van der Waals surface area contributed by atoms with Crippen LogP contribution in [0.3, 0.4) is 0 Å². The van der Waals surface area contributed by atoms with Crippen LogP contribution in [0.2, 0.25) is 0 Å². The Labute approximate surface area is 127 Å². The van der Waals surface area contributed by atoms with E-state index >= 15 is 0 Å². The van der Waals surface area contributed by atoms with Crippen LogP contribution in [0.4, 0.5) is 4.39 Å². The monoisotopic (exact) mass is 291 g/mol. The van der Waals surface area contributed by atoms with Crippen LogP contribution in [-0.2, 0) is 7.05 Å². The molecule has 2 heterocycles. The highest BCUT2D eigenvalue weighted by Gasteiger charge is 2.17. The summed E-state index contributed by atoms with van der Waals surface area (Å²) < 4.78 is 15.2. The number of imidazole rings is 1. The second-order valence-electron chi connectivity index (χ2n) is 5.29. The predicted molar refractivity (Wildman–Crippen MR) is 85.9 cm³/mol. The summed E-state index contributed by atoms with van der Waals surface area (Å²) in [4.78, 5) is 7.92. The predicted octanol–water partition coefficient (Wildman–Crippen LogP) is 4.37. The first-order chi connectivity index (χ1) is 10.7. The summed E-state index contributed by atoms with van der Waals surface area (Å²) in [5.41, 5.74) is 3.97. The zero-order valence-electron chi connectivity index (χ0n) is 12.0. The fraction of sp³-hybridized carbons (Fsp3) is 0.0556. The third-order valence-corrected chi connectivity index (χ3v) is 3.88. The van der Waals surface area contributed by atoms with Crippen LogP contribution in [0.15, 0.2) is 60.9 Å². The van der Waals surface area contributed by atoms with Crippen LogP contribution < -0.4 is 0 Å². The zero-order chi connectivity index (χ0) is 15.1. The largest absolute Gasteiger partial charge is 0.354 e. The molecule has 2 aromatic carbocycles. The molecule has 0 aliphatic heterocycles. The number of rotatable bonds is 2. The third kappa shape index (κ3) is 1.92. The van der Waals surface area contributed by atoms with Gasteiger partial charge in [-0.1, -0.05) is 18.2 Å². The van der Waals surface area contributed by atoms with Crippen LogP contribution in [0.25, 0.3) is 33.5 Å². The van der Waals surface area contributed by atoms with Crippen LogP contribution in [-0.4, -0.2) is 14.5 Å². The zero-order valence-corrected chi connectivity index (χ0v) is 12.0. The number of fused-ring (bicyclic) bond motifs is 1. The van der Waals surface area contributed by atoms with E-state index in [0.717, 1.165) is 33.5 Å². The van der Waals surface area contributed by atoms with E-state index in [-0.39, 0.29) is 5.82 Å². The molecule has 108 valence electrons. The van der Waals surface area contributed by atoms with E-state index in [1.54, 1.807) is 18.3 Å². The van der Waals surface area contributed by atoms with Gasteiger partial charge in [0.25, 0.3) is 0 Å². The molecular formula is C18H14FN3. The van der Waals surface area contributed by atoms with Gasteiger partial charge in [-0.3, -0.25) is 0 Å². The summed E-state index contributed by atoms with van der Waals surface area (Å²) in [7, 11) is 1.97. The van der Waals surface area contributed by atoms with Crippen molar-refractivity contribution in [3.05, 3.63) is 66.7 Å². The van der Waals surface area contributed by atoms with Crippen molar-refractivity contribution in [2.24, 2.45) is 7.05 Å². The maximum Gasteiger partial charge on any atom is 0.142 e. The standard InChI is InChI=1S/C18H14FN3/c1-22-11-10-20-18(22)16-14-4-2-3-5-15(14)21-17(16)12-6-8-13(19)9-7-12/h2-11,21H,1H3. The molecule has 0 aliphatic rings. The molecule has 1 N–H and O–H groups in total. The van der Waals surface area contributed by atoms with E-state index in [9.17, 15) is 4.39 Å². The number of aromatic nitrogens is 3. The van der Waals surface area contributed by atoms with Gasteiger partial charge in [-0.25, -0.2) is 9.37 Å². The average Bonchev–Trinajstić information content (AvgIpc) is 3.11. The molecule has 0 atom stereocenters. The van der Waals surface area contributed by atoms with Crippen LogP contribution in [0, 0.1) is 5.82 Å². The number of para-hydroxylation sites is 1. The van der Waals surface area contributed by atoms with Gasteiger partial charge in [-0.2, -0.15) is 0 Å². The van der Waals surface area contributed by atoms with Gasteiger partial charge in [0.15, 0.2) is 0 Å². The van der Waals surface area contributed by atoms with Gasteiger partial charge in [0.2, 0.25) is 0 Å². The summed E-state index contributed by atoms with van der Waals surface area (Å²) in [5.74, 6) is 0.648. The Morgan fingerprint density at radius 1 is 1.05 bits per heavy atom. The lowest BCUT2D eigenvalue weighted by Crippen LogP contribution is -1.92. The lowest BCUT2D eigenvalue weighted by atomic mass is 10.0. The molecule has 4 heteroatoms. The van der Waals surface area contributed by atoms with E-state index in [0.29, 0.717) is 0 Å². The number of aryl methyl sites for hydroxylation is 1. The Bertz CT molecular complexity index is 948. The number of aromatic amines is 1. The number of H-pyrrole nitrogens is 1. The van der Waals surface area contributed by atoms with Gasteiger partial charge in [-0.15, -0.1) is 0 Å². The fourth-order valence-electron chi connectivity index (χ4n) is 2.81. The summed E-state index contributed by atoms with van der Waals surface area (Å²) in [6.45, 7) is 0. The van der Waals surface area contributed by atoms with Crippen molar-refractivity contribution in [2.45, 2.75) is 0 Å². The Kier molecular flexibility index (Phi) is 2.82. The van der Waals surface area contributed by atoms with Crippen molar-refractivity contribution in [1.82, 2.24) is 14.5 Å². The number of nitrogens with zero attached hydrogens (tertiary/aromatic N) is 2. The summed E-state index contributed by atoms with van der Waals surface area (Å²) in [6.07, 6.45) is 3.71. The normalized spacial score (nSPS) is 11.2. The Hall–Kier alpha value is -2.88. The maximum absolute atomic E-state index is 13.2. The molecule has 0 radical (unpaired) electrons. The van der Waals surface area contributed by atoms with Crippen molar-refractivity contribution in [3.8, 4) is 22.6 Å². The first-order valence-corrected chi connectivity index (χ1v) is 7.08. The number of hydrogen-bond donors (Lipinski definition) is 1. The van der Waals surface area contributed by atoms with Crippen molar-refractivity contribution in [3.63, 3.8) is 0 Å². The molecule has 2 aromatic heterocycles. The van der Waals surface area contributed by atoms with Gasteiger partial charge < -0.3 is 9.55 Å². The topological polar surface area (TPSA) is 33.6 Å². The second-order valence-corrected chi connectivity index (χ2v) is 5.29. The average molecular weight is 291 g/mol. The summed E-state index contributed by atoms with van der Waals surface area (Å²) in [6, 6.07) is 14.6. The van der Waals surface area contributed by atoms with Gasteiger partial charge >= 0.3 is 0 Å². The minimum Gasteiger partial charge on any atom is -0.354 e. The Morgan fingerprint density at radius 3 is 2.55 bits per heavy atom. The minimum atomic E-state index is -0.238. The highest BCUT2D eigenvalue weighted by atomic mass is 19.1. The van der Waals surface area contributed by atoms with E-state index in [4.69, 9.17) is 0 Å². The molecular weight excluding hydrogens is 277 g/mol. The Morgan fingerprint density at radius 2 is 1.82 bits per heavy atom. The maximum atomic E-state index is 13.2. The van der Waals surface area contributed by atoms with Crippen molar-refractivity contribution >= 4 is 10.9 Å². The molecule has 0 spiro atoms. The number of nitrogens with one attached hydrogen (secondary N) is 1. The van der Waals surface area contributed by atoms with Gasteiger partial charge in [0.1, 0.15) is 11.6 Å². The van der Waals surface area contributed by atoms with E-state index in [1.807, 2.05) is 36.0 Å². The van der Waals surface area contributed by atoms with E-state index in [2.05, 4.69) is 16.0 Å². The Balaban J connectivity index is 2.06.